The third-order valence-corrected chi connectivity index (χ3v) is 6.17. The lowest BCUT2D eigenvalue weighted by Crippen LogP contribution is -2.48. The van der Waals surface area contributed by atoms with Gasteiger partial charge >= 0.3 is 5.97 Å². The van der Waals surface area contributed by atoms with Gasteiger partial charge in [0.2, 0.25) is 10.0 Å². The van der Waals surface area contributed by atoms with Gasteiger partial charge in [0.1, 0.15) is 4.90 Å². The normalized spacial score (nSPS) is 22.6. The number of benzene rings is 1. The van der Waals surface area contributed by atoms with Gasteiger partial charge < -0.3 is 15.2 Å². The van der Waals surface area contributed by atoms with Crippen molar-refractivity contribution in [1.82, 2.24) is 4.31 Å². The van der Waals surface area contributed by atoms with Crippen LogP contribution in [0.25, 0.3) is 0 Å². The van der Waals surface area contributed by atoms with Crippen LogP contribution in [0.2, 0.25) is 5.02 Å². The molecular formula is C16H21ClN2O6S. The van der Waals surface area contributed by atoms with Crippen molar-refractivity contribution in [2.75, 3.05) is 13.1 Å². The number of nitrogens with zero attached hydrogens (tertiary/aromatic N) is 1. The summed E-state index contributed by atoms with van der Waals surface area (Å²) >= 11 is 6.07. The van der Waals surface area contributed by atoms with E-state index in [4.69, 9.17) is 26.8 Å². The number of hydrogen-bond acceptors (Lipinski definition) is 6. The van der Waals surface area contributed by atoms with Crippen molar-refractivity contribution in [1.29, 1.82) is 0 Å². The van der Waals surface area contributed by atoms with Gasteiger partial charge in [-0.05, 0) is 39.0 Å². The Labute approximate surface area is 157 Å². The maximum Gasteiger partial charge on any atom is 0.338 e. The van der Waals surface area contributed by atoms with E-state index in [2.05, 4.69) is 0 Å². The van der Waals surface area contributed by atoms with Crippen LogP contribution in [0.5, 0.6) is 0 Å². The number of primary amides is 1. The van der Waals surface area contributed by atoms with Gasteiger partial charge in [0.25, 0.3) is 5.91 Å². The zero-order valence-corrected chi connectivity index (χ0v) is 16.2. The highest BCUT2D eigenvalue weighted by molar-refractivity contribution is 7.89. The maximum absolute atomic E-state index is 13.0. The second-order valence-electron chi connectivity index (χ2n) is 6.17. The van der Waals surface area contributed by atoms with Crippen LogP contribution in [0.3, 0.4) is 0 Å². The number of amides is 1. The number of ether oxygens (including phenoxy) is 2. The van der Waals surface area contributed by atoms with Crippen molar-refractivity contribution in [3.8, 4) is 0 Å². The van der Waals surface area contributed by atoms with E-state index >= 15 is 0 Å². The Kier molecular flexibility index (Phi) is 6.28. The summed E-state index contributed by atoms with van der Waals surface area (Å²) in [5.41, 5.74) is 5.01. The van der Waals surface area contributed by atoms with E-state index in [0.29, 0.717) is 0 Å². The largest absolute Gasteiger partial charge is 0.449 e. The first-order chi connectivity index (χ1) is 12.0. The predicted molar refractivity (Wildman–Crippen MR) is 94.3 cm³/mol. The summed E-state index contributed by atoms with van der Waals surface area (Å²) in [6.07, 6.45) is -1.67. The number of esters is 1. The number of hydrogen-bond donors (Lipinski definition) is 1. The third-order valence-electron chi connectivity index (χ3n) is 3.86. The summed E-state index contributed by atoms with van der Waals surface area (Å²) in [4.78, 5) is 22.9. The van der Waals surface area contributed by atoms with Crippen LogP contribution in [0.4, 0.5) is 0 Å². The molecule has 0 spiro atoms. The quantitative estimate of drug-likeness (QED) is 0.736. The third kappa shape index (κ3) is 4.53. The summed E-state index contributed by atoms with van der Waals surface area (Å²) in [5, 5.41) is -0.0173. The molecule has 26 heavy (non-hydrogen) atoms. The molecular weight excluding hydrogens is 384 g/mol. The van der Waals surface area contributed by atoms with Crippen molar-refractivity contribution < 1.29 is 27.5 Å². The van der Waals surface area contributed by atoms with Gasteiger partial charge in [-0.25, -0.2) is 13.2 Å². The molecule has 0 aromatic heterocycles. The summed E-state index contributed by atoms with van der Waals surface area (Å²) in [6, 6.07) is 3.76. The van der Waals surface area contributed by atoms with E-state index in [1.165, 1.54) is 23.4 Å². The molecule has 1 amide bonds. The second kappa shape index (κ2) is 7.91. The van der Waals surface area contributed by atoms with Crippen LogP contribution >= 0.6 is 11.6 Å². The molecule has 0 unspecified atom stereocenters. The average Bonchev–Trinajstić information content (AvgIpc) is 2.53. The summed E-state index contributed by atoms with van der Waals surface area (Å²) in [7, 11) is -3.94. The summed E-state index contributed by atoms with van der Waals surface area (Å²) in [6.45, 7) is 5.23. The minimum Gasteiger partial charge on any atom is -0.449 e. The van der Waals surface area contributed by atoms with Crippen LogP contribution < -0.4 is 5.73 Å². The lowest BCUT2D eigenvalue weighted by Gasteiger charge is -2.34. The minimum atomic E-state index is -3.94. The Hall–Kier alpha value is -1.68. The van der Waals surface area contributed by atoms with E-state index in [0.717, 1.165) is 6.07 Å². The standard InChI is InChI=1S/C16H21ClN2O6S/c1-9-7-19(8-10(2)24-9)26(22,23)14-6-12(4-5-13(14)17)16(21)25-11(3)15(18)20/h4-6,9-11H,7-8H2,1-3H3,(H2,18,20)/t9-,10+,11-/m1/s1. The van der Waals surface area contributed by atoms with Crippen LogP contribution in [-0.4, -0.2) is 56.0 Å². The molecule has 2 N–H and O–H groups in total. The molecule has 3 atom stereocenters. The average molecular weight is 405 g/mol. The van der Waals surface area contributed by atoms with E-state index in [-0.39, 0.29) is 40.8 Å². The maximum atomic E-state index is 13.0. The number of morpholine rings is 1. The number of sulfonamides is 1. The predicted octanol–water partition coefficient (Wildman–Crippen LogP) is 1.17. The van der Waals surface area contributed by atoms with Crippen molar-refractivity contribution in [3.05, 3.63) is 28.8 Å². The van der Waals surface area contributed by atoms with E-state index in [9.17, 15) is 18.0 Å². The monoisotopic (exact) mass is 404 g/mol. The number of carbonyl (C=O) groups is 2. The Bertz CT molecular complexity index is 803. The van der Waals surface area contributed by atoms with Crippen molar-refractivity contribution >= 4 is 33.5 Å². The fraction of sp³-hybridized carbons (Fsp3) is 0.500. The minimum absolute atomic E-state index is 0.0173. The Balaban J connectivity index is 2.34. The molecule has 2 rings (SSSR count). The van der Waals surface area contributed by atoms with Crippen LogP contribution in [0.1, 0.15) is 31.1 Å². The second-order valence-corrected chi connectivity index (χ2v) is 8.49. The first-order valence-corrected chi connectivity index (χ1v) is 9.79. The Morgan fingerprint density at radius 2 is 1.88 bits per heavy atom. The number of carbonyl (C=O) groups excluding carboxylic acids is 2. The zero-order valence-electron chi connectivity index (χ0n) is 14.6. The highest BCUT2D eigenvalue weighted by Crippen LogP contribution is 2.28. The molecule has 1 aliphatic heterocycles. The smallest absolute Gasteiger partial charge is 0.338 e. The van der Waals surface area contributed by atoms with Gasteiger partial charge in [0.05, 0.1) is 22.8 Å². The van der Waals surface area contributed by atoms with Gasteiger partial charge in [0, 0.05) is 13.1 Å². The molecule has 10 heteroatoms. The van der Waals surface area contributed by atoms with E-state index < -0.39 is 28.0 Å². The Morgan fingerprint density at radius 1 is 1.31 bits per heavy atom. The molecule has 0 aliphatic carbocycles. The number of nitrogens with two attached hydrogens (primary N) is 1. The fourth-order valence-electron chi connectivity index (χ4n) is 2.58. The van der Waals surface area contributed by atoms with Gasteiger partial charge in [-0.2, -0.15) is 4.31 Å². The molecule has 1 saturated heterocycles. The SMILES string of the molecule is C[C@@H]1CN(S(=O)(=O)c2cc(C(=O)O[C@H](C)C(N)=O)ccc2Cl)C[C@H](C)O1. The number of rotatable bonds is 5. The number of halogens is 1. The molecule has 0 saturated carbocycles. The highest BCUT2D eigenvalue weighted by Gasteiger charge is 2.34. The van der Waals surface area contributed by atoms with Crippen LogP contribution in [-0.2, 0) is 24.3 Å². The Morgan fingerprint density at radius 3 is 2.42 bits per heavy atom. The van der Waals surface area contributed by atoms with Crippen molar-refractivity contribution in [2.45, 2.75) is 44.0 Å². The van der Waals surface area contributed by atoms with Crippen LogP contribution in [0.15, 0.2) is 23.1 Å². The molecule has 1 aliphatic rings. The van der Waals surface area contributed by atoms with Gasteiger partial charge in [-0.3, -0.25) is 4.79 Å². The molecule has 0 bridgehead atoms. The molecule has 1 fully saturated rings. The van der Waals surface area contributed by atoms with E-state index in [1.54, 1.807) is 13.8 Å². The first-order valence-electron chi connectivity index (χ1n) is 7.97. The highest BCUT2D eigenvalue weighted by atomic mass is 35.5. The molecule has 8 nitrogen and oxygen atoms in total. The van der Waals surface area contributed by atoms with E-state index in [1.807, 2.05) is 0 Å². The van der Waals surface area contributed by atoms with Crippen LogP contribution in [0, 0.1) is 0 Å². The topological polar surface area (TPSA) is 116 Å². The van der Waals surface area contributed by atoms with Gasteiger partial charge in [-0.1, -0.05) is 11.6 Å². The summed E-state index contributed by atoms with van der Waals surface area (Å²) < 4.78 is 37.6. The molecule has 1 aromatic rings. The molecule has 0 radical (unpaired) electrons. The zero-order chi connectivity index (χ0) is 19.6. The van der Waals surface area contributed by atoms with Crippen molar-refractivity contribution in [3.63, 3.8) is 0 Å². The van der Waals surface area contributed by atoms with Gasteiger partial charge in [-0.15, -0.1) is 0 Å². The molecule has 1 heterocycles. The van der Waals surface area contributed by atoms with Gasteiger partial charge in [0.15, 0.2) is 6.10 Å². The summed E-state index contributed by atoms with van der Waals surface area (Å²) in [5.74, 6) is -1.68. The molecule has 144 valence electrons. The fourth-order valence-corrected chi connectivity index (χ4v) is 4.67. The molecule has 1 aromatic carbocycles. The lowest BCUT2D eigenvalue weighted by atomic mass is 10.2. The first kappa shape index (κ1) is 20.6. The lowest BCUT2D eigenvalue weighted by molar-refractivity contribution is -0.125. The van der Waals surface area contributed by atoms with Crippen molar-refractivity contribution in [2.24, 2.45) is 5.73 Å².